The molecule has 0 amide bonds. The van der Waals surface area contributed by atoms with E-state index in [4.69, 9.17) is 5.73 Å². The summed E-state index contributed by atoms with van der Waals surface area (Å²) in [5.74, 6) is 0. The van der Waals surface area contributed by atoms with Crippen molar-refractivity contribution in [1.29, 1.82) is 0 Å². The summed E-state index contributed by atoms with van der Waals surface area (Å²) in [5, 5.41) is 1.29. The van der Waals surface area contributed by atoms with Crippen molar-refractivity contribution in [3.8, 4) is 0 Å². The van der Waals surface area contributed by atoms with Crippen LogP contribution in [0.2, 0.25) is 0 Å². The van der Waals surface area contributed by atoms with Crippen molar-refractivity contribution in [3.63, 3.8) is 0 Å². The first-order valence-corrected chi connectivity index (χ1v) is 5.64. The molecule has 0 unspecified atom stereocenters. The largest absolute Gasteiger partial charge is 0.398 e. The van der Waals surface area contributed by atoms with Crippen LogP contribution in [0.4, 0.5) is 5.69 Å². The molecule has 70 valence electrons. The number of anilines is 1. The Hall–Kier alpha value is -1.28. The summed E-state index contributed by atoms with van der Waals surface area (Å²) in [6, 6.07) is 6.18. The number of benzene rings is 1. The van der Waals surface area contributed by atoms with E-state index >= 15 is 0 Å². The van der Waals surface area contributed by atoms with E-state index in [0.717, 1.165) is 18.5 Å². The summed E-state index contributed by atoms with van der Waals surface area (Å²) in [4.78, 5) is 1.39. The number of hydrogen-bond acceptors (Lipinski definition) is 2. The fourth-order valence-corrected chi connectivity index (χ4v) is 3.28. The molecule has 1 nitrogen and oxygen atoms in total. The normalized spacial score (nSPS) is 14.6. The summed E-state index contributed by atoms with van der Waals surface area (Å²) >= 11 is 1.85. The fraction of sp³-hybridized carbons (Fsp3) is 0.167. The highest BCUT2D eigenvalue weighted by molar-refractivity contribution is 7.20. The van der Waals surface area contributed by atoms with Crippen LogP contribution in [0.1, 0.15) is 16.9 Å². The smallest absolute Gasteiger partial charge is 0.0405 e. The highest BCUT2D eigenvalue weighted by Gasteiger charge is 2.13. The van der Waals surface area contributed by atoms with E-state index in [1.54, 1.807) is 0 Å². The van der Waals surface area contributed by atoms with Gasteiger partial charge in [0.2, 0.25) is 0 Å². The Morgan fingerprint density at radius 1 is 1.29 bits per heavy atom. The molecule has 0 radical (unpaired) electrons. The first kappa shape index (κ1) is 8.06. The van der Waals surface area contributed by atoms with Gasteiger partial charge in [0.05, 0.1) is 0 Å². The highest BCUT2D eigenvalue weighted by atomic mass is 32.1. The SMILES string of the molecule is Nc1cccc2sc3c(c12)CCC=C3. The zero-order chi connectivity index (χ0) is 9.54. The Bertz CT molecular complexity index is 522. The van der Waals surface area contributed by atoms with Crippen LogP contribution in [0.5, 0.6) is 0 Å². The van der Waals surface area contributed by atoms with E-state index in [9.17, 15) is 0 Å². The van der Waals surface area contributed by atoms with E-state index in [2.05, 4.69) is 18.2 Å². The molecule has 2 aromatic rings. The zero-order valence-corrected chi connectivity index (χ0v) is 8.60. The predicted octanol–water partition coefficient (Wildman–Crippen LogP) is 3.44. The predicted molar refractivity (Wildman–Crippen MR) is 63.6 cm³/mol. The lowest BCUT2D eigenvalue weighted by atomic mass is 10.0. The van der Waals surface area contributed by atoms with Gasteiger partial charge in [-0.05, 0) is 36.6 Å². The molecule has 1 aliphatic carbocycles. The summed E-state index contributed by atoms with van der Waals surface area (Å²) < 4.78 is 1.32. The molecule has 1 aromatic carbocycles. The van der Waals surface area contributed by atoms with Crippen LogP contribution in [0.3, 0.4) is 0 Å². The quantitative estimate of drug-likeness (QED) is 0.649. The van der Waals surface area contributed by atoms with E-state index in [0.29, 0.717) is 0 Å². The molecule has 0 aliphatic heterocycles. The van der Waals surface area contributed by atoms with Crippen LogP contribution >= 0.6 is 11.3 Å². The maximum atomic E-state index is 6.01. The van der Waals surface area contributed by atoms with Gasteiger partial charge < -0.3 is 5.73 Å². The minimum atomic E-state index is 0.926. The molecule has 0 saturated heterocycles. The van der Waals surface area contributed by atoms with Gasteiger partial charge in [-0.15, -0.1) is 11.3 Å². The first-order chi connectivity index (χ1) is 6.86. The second-order valence-electron chi connectivity index (χ2n) is 3.61. The molecule has 0 saturated carbocycles. The Morgan fingerprint density at radius 2 is 2.21 bits per heavy atom. The van der Waals surface area contributed by atoms with Crippen molar-refractivity contribution in [3.05, 3.63) is 34.7 Å². The van der Waals surface area contributed by atoms with Gasteiger partial charge >= 0.3 is 0 Å². The minimum absolute atomic E-state index is 0.926. The van der Waals surface area contributed by atoms with Crippen molar-refractivity contribution >= 4 is 33.2 Å². The lowest BCUT2D eigenvalue weighted by Gasteiger charge is -2.05. The minimum Gasteiger partial charge on any atom is -0.398 e. The standard InChI is InChI=1S/C12H11NS/c13-9-5-3-7-11-12(9)8-4-1-2-6-10(8)14-11/h2-3,5-7H,1,4,13H2. The molecule has 2 N–H and O–H groups in total. The Balaban J connectivity index is 2.45. The first-order valence-electron chi connectivity index (χ1n) is 4.82. The molecule has 0 atom stereocenters. The monoisotopic (exact) mass is 201 g/mol. The second-order valence-corrected chi connectivity index (χ2v) is 4.69. The van der Waals surface area contributed by atoms with Crippen molar-refractivity contribution in [2.75, 3.05) is 5.73 Å². The van der Waals surface area contributed by atoms with Gasteiger partial charge in [-0.2, -0.15) is 0 Å². The van der Waals surface area contributed by atoms with Crippen LogP contribution in [0, 0.1) is 0 Å². The molecular formula is C12H11NS. The Morgan fingerprint density at radius 3 is 3.14 bits per heavy atom. The fourth-order valence-electron chi connectivity index (χ4n) is 2.06. The lowest BCUT2D eigenvalue weighted by Crippen LogP contribution is -1.92. The van der Waals surface area contributed by atoms with E-state index in [1.165, 1.54) is 20.5 Å². The molecule has 0 fully saturated rings. The van der Waals surface area contributed by atoms with Crippen molar-refractivity contribution < 1.29 is 0 Å². The summed E-state index contributed by atoms with van der Waals surface area (Å²) in [6.45, 7) is 0. The number of aryl methyl sites for hydroxylation is 1. The summed E-state index contributed by atoms with van der Waals surface area (Å²) in [6.07, 6.45) is 6.75. The van der Waals surface area contributed by atoms with E-state index in [1.807, 2.05) is 23.5 Å². The average Bonchev–Trinajstić information content (AvgIpc) is 2.57. The van der Waals surface area contributed by atoms with E-state index in [-0.39, 0.29) is 0 Å². The lowest BCUT2D eigenvalue weighted by molar-refractivity contribution is 1.01. The highest BCUT2D eigenvalue weighted by Crippen LogP contribution is 2.38. The number of fused-ring (bicyclic) bond motifs is 3. The van der Waals surface area contributed by atoms with Gasteiger partial charge in [0.25, 0.3) is 0 Å². The molecule has 14 heavy (non-hydrogen) atoms. The molecule has 1 aromatic heterocycles. The zero-order valence-electron chi connectivity index (χ0n) is 7.79. The van der Waals surface area contributed by atoms with Crippen LogP contribution in [-0.2, 0) is 6.42 Å². The van der Waals surface area contributed by atoms with Gasteiger partial charge in [0, 0.05) is 20.7 Å². The maximum Gasteiger partial charge on any atom is 0.0405 e. The van der Waals surface area contributed by atoms with Gasteiger partial charge in [-0.1, -0.05) is 12.1 Å². The van der Waals surface area contributed by atoms with Crippen LogP contribution in [0.25, 0.3) is 16.2 Å². The van der Waals surface area contributed by atoms with Crippen molar-refractivity contribution in [2.45, 2.75) is 12.8 Å². The number of rotatable bonds is 0. The van der Waals surface area contributed by atoms with Crippen LogP contribution in [-0.4, -0.2) is 0 Å². The number of hydrogen-bond donors (Lipinski definition) is 1. The van der Waals surface area contributed by atoms with Gasteiger partial charge in [0.1, 0.15) is 0 Å². The number of nitrogens with two attached hydrogens (primary N) is 1. The second kappa shape index (κ2) is 2.85. The molecule has 0 spiro atoms. The van der Waals surface area contributed by atoms with Crippen LogP contribution < -0.4 is 5.73 Å². The van der Waals surface area contributed by atoms with Gasteiger partial charge in [-0.25, -0.2) is 0 Å². The van der Waals surface area contributed by atoms with Gasteiger partial charge in [0.15, 0.2) is 0 Å². The third-order valence-electron chi connectivity index (χ3n) is 2.71. The molecule has 1 aliphatic rings. The Labute approximate surface area is 86.9 Å². The third-order valence-corrected chi connectivity index (χ3v) is 3.87. The average molecular weight is 201 g/mol. The number of allylic oxidation sites excluding steroid dienone is 1. The maximum absolute atomic E-state index is 6.01. The van der Waals surface area contributed by atoms with Crippen molar-refractivity contribution in [2.24, 2.45) is 0 Å². The topological polar surface area (TPSA) is 26.0 Å². The summed E-state index contributed by atoms with van der Waals surface area (Å²) in [5.41, 5.74) is 8.38. The third kappa shape index (κ3) is 1.01. The van der Waals surface area contributed by atoms with E-state index < -0.39 is 0 Å². The van der Waals surface area contributed by atoms with Crippen LogP contribution in [0.15, 0.2) is 24.3 Å². The number of thiophene rings is 1. The van der Waals surface area contributed by atoms with Crippen molar-refractivity contribution in [1.82, 2.24) is 0 Å². The molecule has 3 rings (SSSR count). The number of nitrogen functional groups attached to an aromatic ring is 1. The molecular weight excluding hydrogens is 190 g/mol. The molecule has 1 heterocycles. The Kier molecular flexibility index (Phi) is 1.64. The summed E-state index contributed by atoms with van der Waals surface area (Å²) in [7, 11) is 0. The molecule has 0 bridgehead atoms. The van der Waals surface area contributed by atoms with Gasteiger partial charge in [-0.3, -0.25) is 0 Å². The molecule has 2 heteroatoms.